The van der Waals surface area contributed by atoms with Crippen molar-refractivity contribution in [1.82, 2.24) is 15.3 Å². The fraction of sp³-hybridized carbons (Fsp3) is 0.600. The van der Waals surface area contributed by atoms with Gasteiger partial charge in [0.1, 0.15) is 5.54 Å². The van der Waals surface area contributed by atoms with Crippen LogP contribution in [0.5, 0.6) is 0 Å². The van der Waals surface area contributed by atoms with Crippen molar-refractivity contribution in [1.29, 1.82) is 5.26 Å². The first kappa shape index (κ1) is 12.1. The summed E-state index contributed by atoms with van der Waals surface area (Å²) in [6.45, 7) is 5.98. The summed E-state index contributed by atoms with van der Waals surface area (Å²) in [5.41, 5.74) is -0.508. The molecule has 0 aliphatic rings. The van der Waals surface area contributed by atoms with Gasteiger partial charge in [-0.2, -0.15) is 5.26 Å². The Kier molecular flexibility index (Phi) is 4.18. The molecule has 15 heavy (non-hydrogen) atoms. The topological polar surface area (TPSA) is 64.5 Å². The van der Waals surface area contributed by atoms with Crippen molar-refractivity contribution in [3.05, 3.63) is 12.4 Å². The molecule has 1 aromatic heterocycles. The van der Waals surface area contributed by atoms with Gasteiger partial charge in [0.25, 0.3) is 0 Å². The Bertz CT molecular complexity index is 328. The van der Waals surface area contributed by atoms with Crippen LogP contribution in [0.4, 0.5) is 0 Å². The number of thioether (sulfide) groups is 1. The lowest BCUT2D eigenvalue weighted by molar-refractivity contribution is 0.443. The van der Waals surface area contributed by atoms with Crippen LogP contribution in [0.2, 0.25) is 0 Å². The lowest BCUT2D eigenvalue weighted by Crippen LogP contribution is -2.47. The summed E-state index contributed by atoms with van der Waals surface area (Å²) in [4.78, 5) is 7.10. The van der Waals surface area contributed by atoms with Gasteiger partial charge in [0.15, 0.2) is 5.16 Å². The van der Waals surface area contributed by atoms with Gasteiger partial charge in [-0.1, -0.05) is 11.8 Å². The van der Waals surface area contributed by atoms with Gasteiger partial charge < -0.3 is 4.98 Å². The molecule has 5 heteroatoms. The van der Waals surface area contributed by atoms with Crippen molar-refractivity contribution in [3.63, 3.8) is 0 Å². The Labute approximate surface area is 94.5 Å². The molecule has 0 aliphatic heterocycles. The molecule has 0 radical (unpaired) electrons. The van der Waals surface area contributed by atoms with Crippen LogP contribution in [0.1, 0.15) is 20.8 Å². The third kappa shape index (κ3) is 3.94. The quantitative estimate of drug-likeness (QED) is 0.748. The molecular weight excluding hydrogens is 208 g/mol. The zero-order chi connectivity index (χ0) is 11.3. The van der Waals surface area contributed by atoms with E-state index in [1.54, 1.807) is 24.2 Å². The normalized spacial score (nSPS) is 14.9. The van der Waals surface area contributed by atoms with E-state index in [4.69, 9.17) is 5.26 Å². The Morgan fingerprint density at radius 3 is 2.93 bits per heavy atom. The van der Waals surface area contributed by atoms with E-state index in [1.165, 1.54) is 0 Å². The number of nitrogens with zero attached hydrogens (tertiary/aromatic N) is 2. The Morgan fingerprint density at radius 2 is 2.47 bits per heavy atom. The van der Waals surface area contributed by atoms with E-state index >= 15 is 0 Å². The van der Waals surface area contributed by atoms with Crippen molar-refractivity contribution in [2.24, 2.45) is 0 Å². The van der Waals surface area contributed by atoms with Crippen LogP contribution < -0.4 is 5.32 Å². The van der Waals surface area contributed by atoms with Crippen molar-refractivity contribution in [3.8, 4) is 6.07 Å². The van der Waals surface area contributed by atoms with Crippen LogP contribution >= 0.6 is 11.8 Å². The highest BCUT2D eigenvalue weighted by Crippen LogP contribution is 2.18. The van der Waals surface area contributed by atoms with Crippen molar-refractivity contribution in [2.75, 3.05) is 5.75 Å². The summed E-state index contributed by atoms with van der Waals surface area (Å²) >= 11 is 1.55. The molecule has 1 unspecified atom stereocenters. The fourth-order valence-corrected chi connectivity index (χ4v) is 2.15. The molecule has 0 aliphatic carbocycles. The minimum absolute atomic E-state index is 0.298. The maximum Gasteiger partial charge on any atom is 0.165 e. The van der Waals surface area contributed by atoms with Gasteiger partial charge in [0.2, 0.25) is 0 Å². The van der Waals surface area contributed by atoms with Gasteiger partial charge >= 0.3 is 0 Å². The van der Waals surface area contributed by atoms with Crippen LogP contribution in [0, 0.1) is 11.3 Å². The molecule has 82 valence electrons. The molecule has 0 amide bonds. The highest BCUT2D eigenvalue weighted by atomic mass is 32.2. The van der Waals surface area contributed by atoms with Crippen LogP contribution in [-0.2, 0) is 0 Å². The average Bonchev–Trinajstić information content (AvgIpc) is 2.66. The summed E-state index contributed by atoms with van der Waals surface area (Å²) in [6.07, 6.45) is 3.49. The third-order valence-corrected chi connectivity index (χ3v) is 3.04. The number of H-pyrrole nitrogens is 1. The Morgan fingerprint density at radius 1 is 1.73 bits per heavy atom. The molecule has 1 heterocycles. The molecule has 2 N–H and O–H groups in total. The molecule has 1 atom stereocenters. The Balaban J connectivity index is 2.50. The van der Waals surface area contributed by atoms with E-state index in [9.17, 15) is 0 Å². The number of aromatic amines is 1. The predicted octanol–water partition coefficient (Wildman–Crippen LogP) is 1.78. The molecule has 0 spiro atoms. The summed E-state index contributed by atoms with van der Waals surface area (Å²) in [5.74, 6) is 0.676. The SMILES string of the molecule is CC(C)NC(C)(C#N)CSc1ncc[nH]1. The second-order valence-electron chi connectivity index (χ2n) is 3.93. The molecule has 0 bridgehead atoms. The van der Waals surface area contributed by atoms with E-state index in [0.717, 1.165) is 5.16 Å². The summed E-state index contributed by atoms with van der Waals surface area (Å²) in [5, 5.41) is 13.2. The highest BCUT2D eigenvalue weighted by Gasteiger charge is 2.24. The van der Waals surface area contributed by atoms with E-state index in [2.05, 4.69) is 21.4 Å². The van der Waals surface area contributed by atoms with Crippen LogP contribution in [-0.4, -0.2) is 27.3 Å². The zero-order valence-corrected chi connectivity index (χ0v) is 10.1. The van der Waals surface area contributed by atoms with E-state index in [0.29, 0.717) is 11.8 Å². The first-order chi connectivity index (χ1) is 7.06. The number of hydrogen-bond donors (Lipinski definition) is 2. The van der Waals surface area contributed by atoms with Gasteiger partial charge in [-0.05, 0) is 20.8 Å². The van der Waals surface area contributed by atoms with Gasteiger partial charge in [-0.3, -0.25) is 5.32 Å². The van der Waals surface area contributed by atoms with Gasteiger partial charge in [0.05, 0.1) is 6.07 Å². The predicted molar refractivity (Wildman–Crippen MR) is 61.6 cm³/mol. The number of hydrogen-bond acceptors (Lipinski definition) is 4. The number of rotatable bonds is 5. The van der Waals surface area contributed by atoms with E-state index in [1.807, 2.05) is 20.8 Å². The standard InChI is InChI=1S/C10H16N4S/c1-8(2)14-10(3,6-11)7-15-9-12-4-5-13-9/h4-5,8,14H,7H2,1-3H3,(H,12,13). The van der Waals surface area contributed by atoms with Gasteiger partial charge in [0, 0.05) is 24.2 Å². The maximum atomic E-state index is 9.11. The first-order valence-corrected chi connectivity index (χ1v) is 5.85. The van der Waals surface area contributed by atoms with E-state index < -0.39 is 5.54 Å². The average molecular weight is 224 g/mol. The molecule has 0 aromatic carbocycles. The van der Waals surface area contributed by atoms with Crippen molar-refractivity contribution >= 4 is 11.8 Å². The molecule has 1 aromatic rings. The number of aromatic nitrogens is 2. The largest absolute Gasteiger partial charge is 0.340 e. The minimum atomic E-state index is -0.508. The third-order valence-electron chi connectivity index (χ3n) is 1.82. The second-order valence-corrected chi connectivity index (χ2v) is 4.89. The maximum absolute atomic E-state index is 9.11. The fourth-order valence-electron chi connectivity index (χ4n) is 1.29. The molecule has 1 rings (SSSR count). The van der Waals surface area contributed by atoms with Crippen molar-refractivity contribution < 1.29 is 0 Å². The van der Waals surface area contributed by atoms with Crippen molar-refractivity contribution in [2.45, 2.75) is 37.5 Å². The van der Waals surface area contributed by atoms with Gasteiger partial charge in [-0.15, -0.1) is 0 Å². The molecular formula is C10H16N4S. The van der Waals surface area contributed by atoms with Crippen LogP contribution in [0.15, 0.2) is 17.6 Å². The number of imidazole rings is 1. The molecule has 0 saturated carbocycles. The molecule has 0 fully saturated rings. The second kappa shape index (κ2) is 5.19. The molecule has 4 nitrogen and oxygen atoms in total. The van der Waals surface area contributed by atoms with Crippen LogP contribution in [0.25, 0.3) is 0 Å². The highest BCUT2D eigenvalue weighted by molar-refractivity contribution is 7.99. The number of nitrogens with one attached hydrogen (secondary N) is 2. The lowest BCUT2D eigenvalue weighted by Gasteiger charge is -2.24. The van der Waals surface area contributed by atoms with Crippen LogP contribution in [0.3, 0.4) is 0 Å². The molecule has 0 saturated heterocycles. The first-order valence-electron chi connectivity index (χ1n) is 4.87. The monoisotopic (exact) mass is 224 g/mol. The van der Waals surface area contributed by atoms with Gasteiger partial charge in [-0.25, -0.2) is 4.98 Å². The summed E-state index contributed by atoms with van der Waals surface area (Å²) < 4.78 is 0. The lowest BCUT2D eigenvalue weighted by atomic mass is 10.1. The Hall–Kier alpha value is -0.990. The van der Waals surface area contributed by atoms with E-state index in [-0.39, 0.29) is 0 Å². The smallest absolute Gasteiger partial charge is 0.165 e. The minimum Gasteiger partial charge on any atom is -0.340 e. The zero-order valence-electron chi connectivity index (χ0n) is 9.24. The summed E-state index contributed by atoms with van der Waals surface area (Å²) in [7, 11) is 0. The number of nitriles is 1. The summed E-state index contributed by atoms with van der Waals surface area (Å²) in [6, 6.07) is 2.60.